The average molecular weight is 359 g/mol. The molecular weight excluding hydrogens is 336 g/mol. The molecule has 0 spiro atoms. The summed E-state index contributed by atoms with van der Waals surface area (Å²) in [5.74, 6) is 1.27. The van der Waals surface area contributed by atoms with Crippen molar-refractivity contribution in [1.82, 2.24) is 10.6 Å². The van der Waals surface area contributed by atoms with Crippen molar-refractivity contribution >= 4 is 18.3 Å². The number of amides is 1. The summed E-state index contributed by atoms with van der Waals surface area (Å²) in [6.07, 6.45) is 2.48. The highest BCUT2D eigenvalue weighted by molar-refractivity contribution is 5.96. The number of ether oxygens (including phenoxy) is 1. The second kappa shape index (κ2) is 7.89. The molecule has 4 nitrogen and oxygen atoms in total. The van der Waals surface area contributed by atoms with Gasteiger partial charge in [-0.1, -0.05) is 30.3 Å². The molecule has 1 amide bonds. The van der Waals surface area contributed by atoms with E-state index >= 15 is 0 Å². The summed E-state index contributed by atoms with van der Waals surface area (Å²) in [4.78, 5) is 12.5. The van der Waals surface area contributed by atoms with Gasteiger partial charge in [0.2, 0.25) is 0 Å². The topological polar surface area (TPSA) is 50.4 Å². The van der Waals surface area contributed by atoms with E-state index in [1.54, 1.807) is 0 Å². The minimum absolute atomic E-state index is 0. The lowest BCUT2D eigenvalue weighted by Gasteiger charge is -2.12. The molecule has 0 atom stereocenters. The highest BCUT2D eigenvalue weighted by Crippen LogP contribution is 2.30. The third kappa shape index (κ3) is 4.33. The third-order valence-electron chi connectivity index (χ3n) is 4.66. The van der Waals surface area contributed by atoms with Gasteiger partial charge in [0.05, 0.1) is 12.2 Å². The van der Waals surface area contributed by atoms with Crippen LogP contribution >= 0.6 is 12.4 Å². The first-order chi connectivity index (χ1) is 11.8. The van der Waals surface area contributed by atoms with Crippen molar-refractivity contribution in [3.8, 4) is 5.75 Å². The van der Waals surface area contributed by atoms with E-state index in [4.69, 9.17) is 4.74 Å². The van der Waals surface area contributed by atoms with Gasteiger partial charge in [-0.3, -0.25) is 4.79 Å². The number of carbonyl (C=O) groups is 1. The van der Waals surface area contributed by atoms with E-state index in [1.165, 1.54) is 24.0 Å². The van der Waals surface area contributed by atoms with Gasteiger partial charge in [0.25, 0.3) is 5.91 Å². The zero-order valence-corrected chi connectivity index (χ0v) is 14.9. The van der Waals surface area contributed by atoms with Crippen LogP contribution in [0.15, 0.2) is 42.5 Å². The summed E-state index contributed by atoms with van der Waals surface area (Å²) in [6.45, 7) is 3.09. The van der Waals surface area contributed by atoms with Gasteiger partial charge in [-0.15, -0.1) is 12.4 Å². The van der Waals surface area contributed by atoms with E-state index in [0.29, 0.717) is 30.4 Å². The quantitative estimate of drug-likeness (QED) is 0.831. The molecular formula is C20H23ClN2O2. The molecule has 0 radical (unpaired) electrons. The molecule has 0 aromatic heterocycles. The molecule has 0 bridgehead atoms. The Balaban J connectivity index is 0.00000182. The Morgan fingerprint density at radius 2 is 1.92 bits per heavy atom. The molecule has 0 saturated heterocycles. The van der Waals surface area contributed by atoms with Crippen LogP contribution in [0.4, 0.5) is 0 Å². The zero-order valence-electron chi connectivity index (χ0n) is 14.1. The first kappa shape index (κ1) is 17.8. The van der Waals surface area contributed by atoms with Crippen LogP contribution in [0.2, 0.25) is 0 Å². The summed E-state index contributed by atoms with van der Waals surface area (Å²) in [5, 5.41) is 6.35. The Labute approximate surface area is 154 Å². The minimum Gasteiger partial charge on any atom is -0.492 e. The van der Waals surface area contributed by atoms with Gasteiger partial charge in [0, 0.05) is 19.6 Å². The standard InChI is InChI=1S/C20H22N2O2.ClH/c23-20(18-3-1-2-4-19(18)24-13-14-5-6-14)22-10-15-7-8-16-11-21-12-17(16)9-15;/h1-4,7-9,14,21H,5-6,10-13H2,(H,22,23);1H. The van der Waals surface area contributed by atoms with Crippen molar-refractivity contribution in [2.24, 2.45) is 5.92 Å². The molecule has 1 saturated carbocycles. The van der Waals surface area contributed by atoms with E-state index in [-0.39, 0.29) is 18.3 Å². The normalized spacial score (nSPS) is 15.2. The van der Waals surface area contributed by atoms with E-state index < -0.39 is 0 Å². The number of para-hydroxylation sites is 1. The molecule has 25 heavy (non-hydrogen) atoms. The molecule has 5 heteroatoms. The SMILES string of the molecule is Cl.O=C(NCc1ccc2c(c1)CNC2)c1ccccc1OCC1CC1. The maximum absolute atomic E-state index is 12.5. The van der Waals surface area contributed by atoms with Crippen molar-refractivity contribution in [2.75, 3.05) is 6.61 Å². The van der Waals surface area contributed by atoms with Gasteiger partial charge >= 0.3 is 0 Å². The minimum atomic E-state index is -0.0833. The van der Waals surface area contributed by atoms with Crippen LogP contribution in [-0.4, -0.2) is 12.5 Å². The van der Waals surface area contributed by atoms with Crippen LogP contribution in [0.3, 0.4) is 0 Å². The monoisotopic (exact) mass is 358 g/mol. The molecule has 2 aliphatic rings. The Hall–Kier alpha value is -2.04. The largest absolute Gasteiger partial charge is 0.492 e. The lowest BCUT2D eigenvalue weighted by molar-refractivity contribution is 0.0946. The first-order valence-corrected chi connectivity index (χ1v) is 8.61. The molecule has 2 N–H and O–H groups in total. The molecule has 132 valence electrons. The van der Waals surface area contributed by atoms with E-state index in [2.05, 4.69) is 28.8 Å². The Bertz CT molecular complexity index is 759. The molecule has 4 rings (SSSR count). The fraction of sp³-hybridized carbons (Fsp3) is 0.350. The zero-order chi connectivity index (χ0) is 16.4. The van der Waals surface area contributed by atoms with Crippen LogP contribution in [0.5, 0.6) is 5.75 Å². The summed E-state index contributed by atoms with van der Waals surface area (Å²) in [5.41, 5.74) is 4.42. The van der Waals surface area contributed by atoms with E-state index in [1.807, 2.05) is 24.3 Å². The van der Waals surface area contributed by atoms with Crippen molar-refractivity contribution in [2.45, 2.75) is 32.5 Å². The van der Waals surface area contributed by atoms with Gasteiger partial charge in [-0.05, 0) is 47.6 Å². The summed E-state index contributed by atoms with van der Waals surface area (Å²) >= 11 is 0. The van der Waals surface area contributed by atoms with Crippen molar-refractivity contribution < 1.29 is 9.53 Å². The number of fused-ring (bicyclic) bond motifs is 1. The number of nitrogens with one attached hydrogen (secondary N) is 2. The number of benzene rings is 2. The number of hydrogen-bond donors (Lipinski definition) is 2. The number of rotatable bonds is 6. The summed E-state index contributed by atoms with van der Waals surface area (Å²) in [7, 11) is 0. The van der Waals surface area contributed by atoms with Gasteiger partial charge in [-0.2, -0.15) is 0 Å². The predicted molar refractivity (Wildman–Crippen MR) is 100 cm³/mol. The first-order valence-electron chi connectivity index (χ1n) is 8.61. The Morgan fingerprint density at radius 3 is 2.76 bits per heavy atom. The van der Waals surface area contributed by atoms with Crippen LogP contribution in [0.25, 0.3) is 0 Å². The average Bonchev–Trinajstić information content (AvgIpc) is 3.33. The van der Waals surface area contributed by atoms with Crippen LogP contribution in [0, 0.1) is 5.92 Å². The van der Waals surface area contributed by atoms with Crippen LogP contribution < -0.4 is 15.4 Å². The van der Waals surface area contributed by atoms with Gasteiger partial charge in [0.15, 0.2) is 0 Å². The molecule has 1 aliphatic carbocycles. The summed E-state index contributed by atoms with van der Waals surface area (Å²) < 4.78 is 5.83. The molecule has 1 aliphatic heterocycles. The second-order valence-corrected chi connectivity index (χ2v) is 6.64. The molecule has 2 aromatic rings. The van der Waals surface area contributed by atoms with Crippen LogP contribution in [0.1, 0.15) is 39.9 Å². The van der Waals surface area contributed by atoms with Gasteiger partial charge in [-0.25, -0.2) is 0 Å². The molecule has 1 heterocycles. The fourth-order valence-electron chi connectivity index (χ4n) is 3.01. The predicted octanol–water partition coefficient (Wildman–Crippen LogP) is 3.43. The van der Waals surface area contributed by atoms with Gasteiger partial charge < -0.3 is 15.4 Å². The number of halogens is 1. The lowest BCUT2D eigenvalue weighted by Crippen LogP contribution is -2.23. The highest BCUT2D eigenvalue weighted by atomic mass is 35.5. The smallest absolute Gasteiger partial charge is 0.255 e. The van der Waals surface area contributed by atoms with Crippen molar-refractivity contribution in [3.63, 3.8) is 0 Å². The van der Waals surface area contributed by atoms with E-state index in [9.17, 15) is 4.79 Å². The maximum Gasteiger partial charge on any atom is 0.255 e. The summed E-state index contributed by atoms with van der Waals surface area (Å²) in [6, 6.07) is 13.9. The van der Waals surface area contributed by atoms with E-state index in [0.717, 1.165) is 18.7 Å². The van der Waals surface area contributed by atoms with Gasteiger partial charge in [0.1, 0.15) is 5.75 Å². The Kier molecular flexibility index (Phi) is 5.61. The number of carbonyl (C=O) groups excluding carboxylic acids is 1. The fourth-order valence-corrected chi connectivity index (χ4v) is 3.01. The maximum atomic E-state index is 12.5. The highest BCUT2D eigenvalue weighted by Gasteiger charge is 2.23. The molecule has 1 fully saturated rings. The van der Waals surface area contributed by atoms with Crippen molar-refractivity contribution in [3.05, 3.63) is 64.7 Å². The second-order valence-electron chi connectivity index (χ2n) is 6.64. The Morgan fingerprint density at radius 1 is 1.12 bits per heavy atom. The number of hydrogen-bond acceptors (Lipinski definition) is 3. The molecule has 2 aromatic carbocycles. The lowest BCUT2D eigenvalue weighted by atomic mass is 10.1. The third-order valence-corrected chi connectivity index (χ3v) is 4.66. The van der Waals surface area contributed by atoms with Crippen LogP contribution in [-0.2, 0) is 19.6 Å². The molecule has 0 unspecified atom stereocenters. The van der Waals surface area contributed by atoms with Crippen molar-refractivity contribution in [1.29, 1.82) is 0 Å².